The minimum absolute atomic E-state index is 0.0415. The monoisotopic (exact) mass is 290 g/mol. The number of sulfonamides is 1. The molecule has 1 aromatic carbocycles. The number of H-pyrrole nitrogens is 1. The van der Waals surface area contributed by atoms with Crippen LogP contribution in [0.2, 0.25) is 5.02 Å². The van der Waals surface area contributed by atoms with Gasteiger partial charge in [-0.1, -0.05) is 11.6 Å². The molecule has 0 aliphatic carbocycles. The van der Waals surface area contributed by atoms with Gasteiger partial charge in [-0.3, -0.25) is 5.32 Å². The highest BCUT2D eigenvalue weighted by atomic mass is 35.5. The summed E-state index contributed by atoms with van der Waals surface area (Å²) < 4.78 is 22.5. The quantitative estimate of drug-likeness (QED) is 0.652. The predicted octanol–water partition coefficient (Wildman–Crippen LogP) is 0.954. The van der Waals surface area contributed by atoms with E-state index in [2.05, 4.69) is 9.97 Å². The van der Waals surface area contributed by atoms with E-state index in [4.69, 9.17) is 21.8 Å². The summed E-state index contributed by atoms with van der Waals surface area (Å²) in [6, 6.07) is 2.47. The summed E-state index contributed by atoms with van der Waals surface area (Å²) in [5.74, 6) is -0.0415. The molecule has 2 aromatic rings. The molecule has 18 heavy (non-hydrogen) atoms. The summed E-state index contributed by atoms with van der Waals surface area (Å²) in [7, 11) is -3.96. The highest BCUT2D eigenvalue weighted by molar-refractivity contribution is 7.89. The fourth-order valence-electron chi connectivity index (χ4n) is 1.39. The number of hydrogen-bond donors (Lipinski definition) is 4. The average molecular weight is 291 g/mol. The van der Waals surface area contributed by atoms with Crippen molar-refractivity contribution in [3.63, 3.8) is 0 Å². The van der Waals surface area contributed by atoms with Crippen molar-refractivity contribution < 1.29 is 18.3 Å². The fourth-order valence-corrected chi connectivity index (χ4v) is 2.48. The third-order valence-electron chi connectivity index (χ3n) is 2.07. The molecule has 0 atom stereocenters. The number of nitrogens with one attached hydrogen (secondary N) is 2. The minimum Gasteiger partial charge on any atom is -0.465 e. The van der Waals surface area contributed by atoms with Gasteiger partial charge in [0.1, 0.15) is 4.90 Å². The van der Waals surface area contributed by atoms with Crippen LogP contribution in [0.25, 0.3) is 11.0 Å². The molecule has 5 N–H and O–H groups in total. The van der Waals surface area contributed by atoms with E-state index >= 15 is 0 Å². The summed E-state index contributed by atoms with van der Waals surface area (Å²) in [6.07, 6.45) is -1.30. The first-order valence-corrected chi connectivity index (χ1v) is 6.42. The lowest BCUT2D eigenvalue weighted by molar-refractivity contribution is 0.209. The van der Waals surface area contributed by atoms with Gasteiger partial charge >= 0.3 is 6.09 Å². The van der Waals surface area contributed by atoms with E-state index in [1.165, 1.54) is 12.1 Å². The molecule has 0 saturated carbocycles. The molecular weight excluding hydrogens is 284 g/mol. The van der Waals surface area contributed by atoms with E-state index < -0.39 is 16.1 Å². The second-order valence-corrected chi connectivity index (χ2v) is 5.30. The van der Waals surface area contributed by atoms with E-state index in [1.54, 1.807) is 0 Å². The van der Waals surface area contributed by atoms with Crippen molar-refractivity contribution in [2.45, 2.75) is 4.90 Å². The number of anilines is 1. The lowest BCUT2D eigenvalue weighted by Gasteiger charge is -2.00. The van der Waals surface area contributed by atoms with Crippen LogP contribution in [0.3, 0.4) is 0 Å². The van der Waals surface area contributed by atoms with Crippen molar-refractivity contribution in [3.05, 3.63) is 17.2 Å². The van der Waals surface area contributed by atoms with E-state index in [1.807, 2.05) is 5.32 Å². The Balaban J connectivity index is 2.61. The number of fused-ring (bicyclic) bond motifs is 1. The van der Waals surface area contributed by atoms with Crippen molar-refractivity contribution >= 4 is 44.7 Å². The number of hydrogen-bond acceptors (Lipinski definition) is 4. The number of primary sulfonamides is 1. The summed E-state index contributed by atoms with van der Waals surface area (Å²) in [5.41, 5.74) is 0.614. The Bertz CT molecular complexity index is 739. The predicted molar refractivity (Wildman–Crippen MR) is 64.1 cm³/mol. The zero-order valence-electron chi connectivity index (χ0n) is 8.64. The molecule has 0 saturated heterocycles. The first-order valence-electron chi connectivity index (χ1n) is 4.49. The number of carboxylic acid groups (broad SMARTS) is 1. The number of aromatic nitrogens is 2. The first-order chi connectivity index (χ1) is 8.27. The SMILES string of the molecule is NS(=O)(=O)c1cc2[nH]c(NC(=O)O)nc2cc1Cl. The maximum atomic E-state index is 11.2. The molecule has 0 radical (unpaired) electrons. The third kappa shape index (κ3) is 2.37. The molecule has 0 bridgehead atoms. The molecule has 8 nitrogen and oxygen atoms in total. The molecule has 0 unspecified atom stereocenters. The van der Waals surface area contributed by atoms with Gasteiger partial charge in [0.2, 0.25) is 16.0 Å². The largest absolute Gasteiger partial charge is 0.465 e. The molecule has 1 aromatic heterocycles. The van der Waals surface area contributed by atoms with Crippen molar-refractivity contribution in [3.8, 4) is 0 Å². The molecular formula is C8H7ClN4O4S. The average Bonchev–Trinajstić information content (AvgIpc) is 2.54. The lowest BCUT2D eigenvalue weighted by atomic mass is 10.3. The first kappa shape index (κ1) is 12.6. The number of amides is 1. The van der Waals surface area contributed by atoms with Gasteiger partial charge in [-0.2, -0.15) is 0 Å². The van der Waals surface area contributed by atoms with Crippen molar-refractivity contribution in [2.24, 2.45) is 5.14 Å². The maximum absolute atomic E-state index is 11.2. The van der Waals surface area contributed by atoms with Crippen LogP contribution in [-0.4, -0.2) is 29.6 Å². The molecule has 96 valence electrons. The van der Waals surface area contributed by atoms with Crippen LogP contribution in [0.5, 0.6) is 0 Å². The highest BCUT2D eigenvalue weighted by Crippen LogP contribution is 2.26. The second-order valence-electron chi connectivity index (χ2n) is 3.36. The van der Waals surface area contributed by atoms with Gasteiger partial charge in [0.05, 0.1) is 16.1 Å². The van der Waals surface area contributed by atoms with Gasteiger partial charge in [-0.15, -0.1) is 0 Å². The van der Waals surface area contributed by atoms with Gasteiger partial charge in [-0.25, -0.2) is 23.3 Å². The summed E-state index contributed by atoms with van der Waals surface area (Å²) in [6.45, 7) is 0. The summed E-state index contributed by atoms with van der Waals surface area (Å²) >= 11 is 5.75. The second kappa shape index (κ2) is 4.12. The normalized spacial score (nSPS) is 11.7. The summed E-state index contributed by atoms with van der Waals surface area (Å²) in [4.78, 5) is 16.6. The zero-order valence-corrected chi connectivity index (χ0v) is 10.2. The van der Waals surface area contributed by atoms with Crippen LogP contribution in [0.15, 0.2) is 17.0 Å². The molecule has 1 heterocycles. The van der Waals surface area contributed by atoms with E-state index in [9.17, 15) is 13.2 Å². The Labute approximate surface area is 106 Å². The molecule has 1 amide bonds. The van der Waals surface area contributed by atoms with Gasteiger partial charge in [0, 0.05) is 0 Å². The standard InChI is InChI=1S/C8H7ClN4O4S/c9-3-1-4-5(2-6(3)18(10,16)17)12-7(11-4)13-8(14)15/h1-2H,(H,14,15)(H2,10,16,17)(H2,11,12,13). The number of imidazole rings is 1. The molecule has 0 fully saturated rings. The fraction of sp³-hybridized carbons (Fsp3) is 0. The number of carbonyl (C=O) groups is 1. The zero-order chi connectivity index (χ0) is 13.5. The lowest BCUT2D eigenvalue weighted by Crippen LogP contribution is -2.12. The number of halogens is 1. The van der Waals surface area contributed by atoms with Crippen LogP contribution in [0.4, 0.5) is 10.7 Å². The Hall–Kier alpha value is -1.84. The van der Waals surface area contributed by atoms with Gasteiger partial charge in [-0.05, 0) is 12.1 Å². The number of nitrogens with two attached hydrogens (primary N) is 1. The van der Waals surface area contributed by atoms with Crippen LogP contribution in [-0.2, 0) is 10.0 Å². The molecule has 2 rings (SSSR count). The van der Waals surface area contributed by atoms with Gasteiger partial charge < -0.3 is 10.1 Å². The molecule has 10 heteroatoms. The van der Waals surface area contributed by atoms with E-state index in [-0.39, 0.29) is 15.9 Å². The third-order valence-corrected chi connectivity index (χ3v) is 3.44. The topological polar surface area (TPSA) is 138 Å². The van der Waals surface area contributed by atoms with Crippen molar-refractivity contribution in [1.29, 1.82) is 0 Å². The van der Waals surface area contributed by atoms with Gasteiger partial charge in [0.15, 0.2) is 0 Å². The highest BCUT2D eigenvalue weighted by Gasteiger charge is 2.16. The van der Waals surface area contributed by atoms with E-state index in [0.717, 1.165) is 0 Å². The number of aromatic amines is 1. The van der Waals surface area contributed by atoms with Crippen molar-refractivity contribution in [2.75, 3.05) is 5.32 Å². The summed E-state index contributed by atoms with van der Waals surface area (Å²) in [5, 5.41) is 15.4. The van der Waals surface area contributed by atoms with Gasteiger partial charge in [0.25, 0.3) is 0 Å². The van der Waals surface area contributed by atoms with Crippen molar-refractivity contribution in [1.82, 2.24) is 9.97 Å². The van der Waals surface area contributed by atoms with E-state index in [0.29, 0.717) is 11.0 Å². The number of rotatable bonds is 2. The Morgan fingerprint density at radius 3 is 2.72 bits per heavy atom. The minimum atomic E-state index is -3.96. The van der Waals surface area contributed by atoms with Crippen LogP contribution in [0.1, 0.15) is 0 Å². The van der Waals surface area contributed by atoms with Crippen LogP contribution >= 0.6 is 11.6 Å². The molecule has 0 aliphatic heterocycles. The number of benzene rings is 1. The van der Waals surface area contributed by atoms with Crippen LogP contribution < -0.4 is 10.5 Å². The number of nitrogens with zero attached hydrogens (tertiary/aromatic N) is 1. The Kier molecular flexibility index (Phi) is 2.89. The van der Waals surface area contributed by atoms with Crippen LogP contribution in [0, 0.1) is 0 Å². The molecule has 0 spiro atoms. The Morgan fingerprint density at radius 1 is 1.50 bits per heavy atom. The smallest absolute Gasteiger partial charge is 0.411 e. The molecule has 0 aliphatic rings. The maximum Gasteiger partial charge on any atom is 0.411 e. The Morgan fingerprint density at radius 2 is 2.17 bits per heavy atom.